The average molecular weight is 205 g/mol. The van der Waals surface area contributed by atoms with Crippen LogP contribution in [0.2, 0.25) is 5.02 Å². The molecule has 0 N–H and O–H groups in total. The normalized spacial score (nSPS) is 9.71. The van der Waals surface area contributed by atoms with E-state index >= 15 is 0 Å². The van der Waals surface area contributed by atoms with Gasteiger partial charge in [0.15, 0.2) is 5.82 Å². The predicted molar refractivity (Wildman–Crippen MR) is 51.1 cm³/mol. The minimum Gasteiger partial charge on any atom is -0.234 e. The summed E-state index contributed by atoms with van der Waals surface area (Å²) < 4.78 is 1.55. The van der Waals surface area contributed by atoms with Crippen LogP contribution in [0, 0.1) is 11.3 Å². The molecule has 0 saturated heterocycles. The maximum Gasteiger partial charge on any atom is 0.172 e. The molecule has 0 atom stereocenters. The summed E-state index contributed by atoms with van der Waals surface area (Å²) in [5.74, 6) is 0.524. The van der Waals surface area contributed by atoms with Gasteiger partial charge in [-0.25, -0.2) is 9.67 Å². The summed E-state index contributed by atoms with van der Waals surface area (Å²) in [6, 6.07) is 5.30. The summed E-state index contributed by atoms with van der Waals surface area (Å²) in [5.41, 5.74) is 0.436. The Bertz CT molecular complexity index is 484. The Morgan fingerprint density at radius 2 is 2.36 bits per heavy atom. The Morgan fingerprint density at radius 1 is 1.50 bits per heavy atom. The summed E-state index contributed by atoms with van der Waals surface area (Å²) in [6.07, 6.45) is 4.83. The minimum absolute atomic E-state index is 0.410. The topological polar surface area (TPSA) is 54.5 Å². The van der Waals surface area contributed by atoms with Gasteiger partial charge in [0.25, 0.3) is 0 Å². The van der Waals surface area contributed by atoms with Crippen LogP contribution in [0.1, 0.15) is 5.56 Å². The molecule has 14 heavy (non-hydrogen) atoms. The third-order valence-corrected chi connectivity index (χ3v) is 1.95. The summed E-state index contributed by atoms with van der Waals surface area (Å²) in [5, 5.41) is 13.0. The van der Waals surface area contributed by atoms with Crippen molar-refractivity contribution in [3.63, 3.8) is 0 Å². The summed E-state index contributed by atoms with van der Waals surface area (Å²) >= 11 is 5.93. The molecule has 0 aliphatic carbocycles. The Kier molecular flexibility index (Phi) is 2.17. The summed E-state index contributed by atoms with van der Waals surface area (Å²) in [4.78, 5) is 4.04. The van der Waals surface area contributed by atoms with E-state index in [9.17, 15) is 0 Å². The van der Waals surface area contributed by atoms with Gasteiger partial charge in [-0.15, -0.1) is 0 Å². The molecule has 0 aliphatic rings. The smallest absolute Gasteiger partial charge is 0.172 e. The zero-order chi connectivity index (χ0) is 9.97. The molecule has 0 radical (unpaired) electrons. The molecule has 0 amide bonds. The van der Waals surface area contributed by atoms with Crippen molar-refractivity contribution < 1.29 is 0 Å². The van der Waals surface area contributed by atoms with Crippen LogP contribution >= 0.6 is 11.6 Å². The SMILES string of the molecule is N#Cc1cnc(-n2cccn2)c(Cl)c1. The fraction of sp³-hybridized carbons (Fsp3) is 0. The molecule has 0 saturated carbocycles. The highest BCUT2D eigenvalue weighted by Gasteiger charge is 2.05. The van der Waals surface area contributed by atoms with Crippen molar-refractivity contribution in [2.45, 2.75) is 0 Å². The molecule has 2 aromatic heterocycles. The highest BCUT2D eigenvalue weighted by atomic mass is 35.5. The van der Waals surface area contributed by atoms with Crippen LogP contribution in [0.3, 0.4) is 0 Å². The van der Waals surface area contributed by atoms with E-state index in [4.69, 9.17) is 16.9 Å². The second-order valence-corrected chi connectivity index (χ2v) is 3.00. The van der Waals surface area contributed by atoms with Gasteiger partial charge < -0.3 is 0 Å². The van der Waals surface area contributed by atoms with Crippen LogP contribution in [0.5, 0.6) is 0 Å². The summed E-state index contributed by atoms with van der Waals surface area (Å²) in [7, 11) is 0. The number of rotatable bonds is 1. The molecule has 0 unspecified atom stereocenters. The van der Waals surface area contributed by atoms with Crippen LogP contribution in [-0.2, 0) is 0 Å². The summed E-state index contributed by atoms with van der Waals surface area (Å²) in [6.45, 7) is 0. The van der Waals surface area contributed by atoms with Crippen LogP contribution < -0.4 is 0 Å². The molecular weight excluding hydrogens is 200 g/mol. The molecule has 0 aliphatic heterocycles. The van der Waals surface area contributed by atoms with Crippen molar-refractivity contribution in [2.24, 2.45) is 0 Å². The van der Waals surface area contributed by atoms with Crippen molar-refractivity contribution in [1.82, 2.24) is 14.8 Å². The first-order chi connectivity index (χ1) is 6.81. The molecular formula is C9H5ClN4. The molecule has 0 bridgehead atoms. The van der Waals surface area contributed by atoms with E-state index in [1.165, 1.54) is 6.20 Å². The number of nitriles is 1. The van der Waals surface area contributed by atoms with Crippen LogP contribution in [0.4, 0.5) is 0 Å². The maximum atomic E-state index is 8.61. The largest absolute Gasteiger partial charge is 0.234 e. The lowest BCUT2D eigenvalue weighted by Crippen LogP contribution is -1.98. The number of pyridine rings is 1. The Balaban J connectivity index is 2.52. The van der Waals surface area contributed by atoms with E-state index < -0.39 is 0 Å². The molecule has 2 heterocycles. The maximum absolute atomic E-state index is 8.61. The number of halogens is 1. The Morgan fingerprint density at radius 3 is 2.93 bits per heavy atom. The van der Waals surface area contributed by atoms with E-state index in [1.807, 2.05) is 6.07 Å². The van der Waals surface area contributed by atoms with Crippen molar-refractivity contribution >= 4 is 11.6 Å². The van der Waals surface area contributed by atoms with Crippen molar-refractivity contribution in [3.05, 3.63) is 41.3 Å². The van der Waals surface area contributed by atoms with Crippen molar-refractivity contribution in [1.29, 1.82) is 5.26 Å². The molecule has 0 fully saturated rings. The number of hydrogen-bond donors (Lipinski definition) is 0. The number of nitrogens with zero attached hydrogens (tertiary/aromatic N) is 4. The third-order valence-electron chi connectivity index (χ3n) is 1.67. The van der Waals surface area contributed by atoms with Crippen LogP contribution in [0.25, 0.3) is 5.82 Å². The predicted octanol–water partition coefficient (Wildman–Crippen LogP) is 1.79. The van der Waals surface area contributed by atoms with Gasteiger partial charge in [0.2, 0.25) is 0 Å². The van der Waals surface area contributed by atoms with Gasteiger partial charge in [0, 0.05) is 18.6 Å². The Labute approximate surface area is 85.4 Å². The quantitative estimate of drug-likeness (QED) is 0.712. The van der Waals surface area contributed by atoms with E-state index in [1.54, 1.807) is 29.2 Å². The average Bonchev–Trinajstić information content (AvgIpc) is 2.70. The second-order valence-electron chi connectivity index (χ2n) is 2.59. The van der Waals surface area contributed by atoms with Crippen molar-refractivity contribution in [2.75, 3.05) is 0 Å². The van der Waals surface area contributed by atoms with Gasteiger partial charge in [-0.2, -0.15) is 10.4 Å². The van der Waals surface area contributed by atoms with Gasteiger partial charge in [-0.1, -0.05) is 11.6 Å². The van der Waals surface area contributed by atoms with Crippen molar-refractivity contribution in [3.8, 4) is 11.9 Å². The molecule has 4 nitrogen and oxygen atoms in total. The lowest BCUT2D eigenvalue weighted by molar-refractivity contribution is 0.846. The molecule has 5 heteroatoms. The van der Waals surface area contributed by atoms with E-state index in [2.05, 4.69) is 10.1 Å². The Hall–Kier alpha value is -1.86. The fourth-order valence-corrected chi connectivity index (χ4v) is 1.31. The lowest BCUT2D eigenvalue weighted by Gasteiger charge is -2.01. The van der Waals surface area contributed by atoms with E-state index in [0.717, 1.165) is 0 Å². The van der Waals surface area contributed by atoms with Crippen LogP contribution in [0.15, 0.2) is 30.7 Å². The first-order valence-corrected chi connectivity index (χ1v) is 4.25. The monoisotopic (exact) mass is 204 g/mol. The fourth-order valence-electron chi connectivity index (χ4n) is 1.05. The second kappa shape index (κ2) is 3.48. The molecule has 68 valence electrons. The molecule has 0 aromatic carbocycles. The number of hydrogen-bond acceptors (Lipinski definition) is 3. The first kappa shape index (κ1) is 8.73. The highest BCUT2D eigenvalue weighted by Crippen LogP contribution is 2.17. The number of aromatic nitrogens is 3. The van der Waals surface area contributed by atoms with Gasteiger partial charge in [-0.05, 0) is 12.1 Å². The molecule has 0 spiro atoms. The molecule has 2 rings (SSSR count). The minimum atomic E-state index is 0.410. The van der Waals surface area contributed by atoms with Gasteiger partial charge >= 0.3 is 0 Å². The van der Waals surface area contributed by atoms with E-state index in [0.29, 0.717) is 16.4 Å². The first-order valence-electron chi connectivity index (χ1n) is 3.87. The molecule has 2 aromatic rings. The van der Waals surface area contributed by atoms with E-state index in [-0.39, 0.29) is 0 Å². The zero-order valence-electron chi connectivity index (χ0n) is 7.05. The highest BCUT2D eigenvalue weighted by molar-refractivity contribution is 6.32. The zero-order valence-corrected chi connectivity index (χ0v) is 7.81. The lowest BCUT2D eigenvalue weighted by atomic mass is 10.3. The van der Waals surface area contributed by atoms with Gasteiger partial charge in [0.1, 0.15) is 6.07 Å². The van der Waals surface area contributed by atoms with Gasteiger partial charge in [0.05, 0.1) is 10.6 Å². The van der Waals surface area contributed by atoms with Gasteiger partial charge in [-0.3, -0.25) is 0 Å². The van der Waals surface area contributed by atoms with Crippen LogP contribution in [-0.4, -0.2) is 14.8 Å². The standard InChI is InChI=1S/C9H5ClN4/c10-8-4-7(5-11)6-12-9(8)14-3-1-2-13-14/h1-4,6H. The third kappa shape index (κ3) is 1.45.